The number of aromatic nitrogens is 3. The minimum absolute atomic E-state index is 0.00227. The average molecular weight is 869 g/mol. The molecule has 2 heterocycles. The number of aromatic hydroxyl groups is 1. The van der Waals surface area contributed by atoms with Crippen LogP contribution in [0.5, 0.6) is 5.75 Å². The second-order valence-electron chi connectivity index (χ2n) is 18.3. The molecular formula is C61H59N3O. The zero-order chi connectivity index (χ0) is 61.9. The van der Waals surface area contributed by atoms with Crippen LogP contribution < -0.4 is 0 Å². The van der Waals surface area contributed by atoms with Crippen LogP contribution in [0.1, 0.15) is 110 Å². The molecule has 9 aromatic rings. The van der Waals surface area contributed by atoms with Crippen LogP contribution in [-0.4, -0.2) is 19.6 Å². The Labute approximate surface area is 412 Å². The van der Waals surface area contributed by atoms with E-state index in [1.165, 1.54) is 6.07 Å². The highest BCUT2D eigenvalue weighted by Crippen LogP contribution is 2.44. The SMILES string of the molecule is [2H]c1nc(-c2cc(-c3cccc4c3nc(-c3ccccc3O)n4-c3ccc(-c4c(-c5ccccc5)cccc4C(C)(C)C)cc3C([2H])([2H])[2H])cc(C(C)(C)C)c2)c([2H])c(-c2c([2H])c([2H])c(C(C([2H])([2H])[2H])(C([2H])([2H])[2H])C([2H])([2H])[2H])c([2H])c2[2H])c1[2H]. The molecule has 0 saturated heterocycles. The predicted octanol–water partition coefficient (Wildman–Crippen LogP) is 16.3. The lowest BCUT2D eigenvalue weighted by molar-refractivity contribution is 0.477. The van der Waals surface area contributed by atoms with E-state index in [1.54, 1.807) is 65.2 Å². The number of fused-ring (bicyclic) bond motifs is 1. The number of hydrogen-bond acceptors (Lipinski definition) is 3. The number of phenolic OH excluding ortho intramolecular Hbond substituents is 1. The number of rotatable bonds is 7. The van der Waals surface area contributed by atoms with Crippen molar-refractivity contribution in [2.45, 2.75) is 85.2 Å². The molecule has 0 bridgehead atoms. The summed E-state index contributed by atoms with van der Waals surface area (Å²) in [6.07, 6.45) is -0.774. The molecule has 1 N–H and O–H groups in total. The van der Waals surface area contributed by atoms with E-state index in [4.69, 9.17) is 29.7 Å². The Kier molecular flexibility index (Phi) is 6.61. The molecule has 0 spiro atoms. The lowest BCUT2D eigenvalue weighted by Crippen LogP contribution is -2.13. The molecule has 65 heavy (non-hydrogen) atoms. The maximum absolute atomic E-state index is 11.6. The Balaban J connectivity index is 1.31. The van der Waals surface area contributed by atoms with Crippen molar-refractivity contribution in [1.29, 1.82) is 0 Å². The number of nitrogens with zero attached hydrogens (tertiary/aromatic N) is 3. The fraction of sp³-hybridized carbons (Fsp3) is 0.213. The zero-order valence-electron chi connectivity index (χ0n) is 55.9. The monoisotopic (exact) mass is 869 g/mol. The van der Waals surface area contributed by atoms with Gasteiger partial charge >= 0.3 is 0 Å². The molecule has 324 valence electrons. The lowest BCUT2D eigenvalue weighted by Gasteiger charge is -2.26. The van der Waals surface area contributed by atoms with Crippen molar-refractivity contribution in [2.24, 2.45) is 0 Å². The zero-order valence-corrected chi connectivity index (χ0v) is 36.9. The van der Waals surface area contributed by atoms with Gasteiger partial charge in [0.15, 0.2) is 0 Å². The highest BCUT2D eigenvalue weighted by molar-refractivity contribution is 5.97. The maximum atomic E-state index is 11.6. The Morgan fingerprint density at radius 3 is 1.98 bits per heavy atom. The highest BCUT2D eigenvalue weighted by atomic mass is 16.3. The van der Waals surface area contributed by atoms with Crippen molar-refractivity contribution < 1.29 is 31.2 Å². The number of para-hydroxylation sites is 2. The molecule has 0 aliphatic heterocycles. The molecule has 0 fully saturated rings. The third-order valence-corrected chi connectivity index (χ3v) is 11.5. The van der Waals surface area contributed by atoms with E-state index >= 15 is 0 Å². The molecule has 2 aromatic heterocycles. The van der Waals surface area contributed by atoms with Crippen LogP contribution in [0.4, 0.5) is 0 Å². The molecule has 0 aliphatic rings. The van der Waals surface area contributed by atoms with Crippen molar-refractivity contribution in [3.63, 3.8) is 0 Å². The van der Waals surface area contributed by atoms with E-state index < -0.39 is 97.4 Å². The van der Waals surface area contributed by atoms with Crippen LogP contribution in [0, 0.1) is 6.85 Å². The summed E-state index contributed by atoms with van der Waals surface area (Å²) in [6.45, 7) is -2.45. The smallest absolute Gasteiger partial charge is 0.149 e. The van der Waals surface area contributed by atoms with Gasteiger partial charge in [-0.3, -0.25) is 9.55 Å². The summed E-state index contributed by atoms with van der Waals surface area (Å²) < 4.78 is 167. The van der Waals surface area contributed by atoms with Crippen molar-refractivity contribution in [3.8, 4) is 78.6 Å². The summed E-state index contributed by atoms with van der Waals surface area (Å²) in [6, 6.07) is 31.9. The molecule has 0 saturated carbocycles. The molecule has 0 aliphatic carbocycles. The molecule has 0 unspecified atom stereocenters. The third-order valence-electron chi connectivity index (χ3n) is 11.5. The summed E-state index contributed by atoms with van der Waals surface area (Å²) in [5.74, 6) is 0.0632. The van der Waals surface area contributed by atoms with Crippen molar-refractivity contribution in [3.05, 3.63) is 192 Å². The van der Waals surface area contributed by atoms with Crippen LogP contribution in [0.15, 0.2) is 170 Å². The molecular weight excluding hydrogens is 791 g/mol. The quantitative estimate of drug-likeness (QED) is 0.174. The second-order valence-corrected chi connectivity index (χ2v) is 18.3. The van der Waals surface area contributed by atoms with Crippen molar-refractivity contribution in [1.82, 2.24) is 14.5 Å². The summed E-state index contributed by atoms with van der Waals surface area (Å²) in [4.78, 5) is 9.59. The molecule has 4 heteroatoms. The molecule has 0 amide bonds. The fourth-order valence-corrected chi connectivity index (χ4v) is 8.21. The van der Waals surface area contributed by atoms with Crippen LogP contribution in [0.3, 0.4) is 0 Å². The fourth-order valence-electron chi connectivity index (χ4n) is 8.21. The first-order valence-corrected chi connectivity index (χ1v) is 21.2. The van der Waals surface area contributed by atoms with Gasteiger partial charge in [0.25, 0.3) is 0 Å². The minimum Gasteiger partial charge on any atom is -0.507 e. The van der Waals surface area contributed by atoms with E-state index in [9.17, 15) is 6.48 Å². The second kappa shape index (κ2) is 16.5. The average Bonchev–Trinajstić information content (AvgIpc) is 0.810. The van der Waals surface area contributed by atoms with E-state index in [0.717, 1.165) is 22.3 Å². The summed E-state index contributed by atoms with van der Waals surface area (Å²) in [5.41, 5.74) is -0.538. The van der Waals surface area contributed by atoms with Gasteiger partial charge in [-0.2, -0.15) is 0 Å². The van der Waals surface area contributed by atoms with E-state index in [2.05, 4.69) is 31.8 Å². The number of benzene rings is 7. The first-order chi connectivity index (χ1) is 38.8. The first-order valence-electron chi connectivity index (χ1n) is 30.7. The Hall–Kier alpha value is -7.04. The Morgan fingerprint density at radius 1 is 0.554 bits per heavy atom. The van der Waals surface area contributed by atoms with Crippen LogP contribution >= 0.6 is 0 Å². The minimum atomic E-state index is -3.95. The molecule has 9 rings (SSSR count). The number of aryl methyl sites for hydroxylation is 1. The van der Waals surface area contributed by atoms with Crippen molar-refractivity contribution in [2.75, 3.05) is 0 Å². The van der Waals surface area contributed by atoms with Gasteiger partial charge in [0.05, 0.1) is 37.6 Å². The topological polar surface area (TPSA) is 50.9 Å². The summed E-state index contributed by atoms with van der Waals surface area (Å²) in [7, 11) is 0. The summed E-state index contributed by atoms with van der Waals surface area (Å²) in [5, 5.41) is 11.6. The number of hydrogen-bond donors (Lipinski definition) is 1. The number of imidazole rings is 1. The van der Waals surface area contributed by atoms with Gasteiger partial charge in [0.1, 0.15) is 11.6 Å². The Morgan fingerprint density at radius 2 is 1.26 bits per heavy atom. The van der Waals surface area contributed by atoms with Crippen LogP contribution in [-0.2, 0) is 16.2 Å². The van der Waals surface area contributed by atoms with Gasteiger partial charge in [-0.25, -0.2) is 4.98 Å². The summed E-state index contributed by atoms with van der Waals surface area (Å²) >= 11 is 0. The van der Waals surface area contributed by atoms with Gasteiger partial charge in [-0.15, -0.1) is 0 Å². The normalized spacial score (nSPS) is 17.2. The molecule has 7 aromatic carbocycles. The number of pyridine rings is 1. The first kappa shape index (κ1) is 26.1. The van der Waals surface area contributed by atoms with Gasteiger partial charge < -0.3 is 5.11 Å². The van der Waals surface area contributed by atoms with Gasteiger partial charge in [0, 0.05) is 33.7 Å². The third kappa shape index (κ3) is 8.42. The van der Waals surface area contributed by atoms with Gasteiger partial charge in [0.2, 0.25) is 0 Å². The largest absolute Gasteiger partial charge is 0.507 e. The van der Waals surface area contributed by atoms with Crippen LogP contribution in [0.2, 0.25) is 0 Å². The standard InChI is InChI=1S/C61H59N3O/c1-39-34-43(56-48(41-18-12-11-13-19-41)21-16-23-51(56)61(8,9)10)28-31-53(39)64-54-24-17-22-49(57(54)63-58(64)50-20-14-15-25-55(50)65)44-35-45(37-47(36-44)60(5,6)7)52-38-42(32-33-62-52)40-26-29-46(30-27-40)59(2,3)4/h11-38,65H,1-10H3/i1D3,2D3,3D3,4D3,26D,27D,29D,30D,32D,33D,38D. The van der Waals surface area contributed by atoms with E-state index in [0.29, 0.717) is 33.3 Å². The van der Waals surface area contributed by atoms with Crippen LogP contribution in [0.25, 0.3) is 83.9 Å². The molecule has 0 radical (unpaired) electrons. The molecule has 0 atom stereocenters. The predicted molar refractivity (Wildman–Crippen MR) is 274 cm³/mol. The van der Waals surface area contributed by atoms with Crippen molar-refractivity contribution >= 4 is 11.0 Å². The lowest BCUT2D eigenvalue weighted by atomic mass is 9.78. The highest BCUT2D eigenvalue weighted by Gasteiger charge is 2.25. The van der Waals surface area contributed by atoms with E-state index in [1.807, 2.05) is 75.4 Å². The Bertz CT molecular complexity index is 4020. The van der Waals surface area contributed by atoms with E-state index in [-0.39, 0.29) is 45.1 Å². The van der Waals surface area contributed by atoms with Gasteiger partial charge in [-0.1, -0.05) is 171 Å². The van der Waals surface area contributed by atoms with Gasteiger partial charge in [-0.05, 0) is 139 Å². The number of phenols is 1. The maximum Gasteiger partial charge on any atom is 0.149 e. The molecule has 4 nitrogen and oxygen atoms in total.